The maximum Gasteiger partial charge on any atom is 0.212 e. The number of aromatic nitrogens is 1. The summed E-state index contributed by atoms with van der Waals surface area (Å²) in [6, 6.07) is 21.4. The van der Waals surface area contributed by atoms with Crippen molar-refractivity contribution < 1.29 is 14.3 Å². The zero-order chi connectivity index (χ0) is 36.1. The zero-order valence-corrected chi connectivity index (χ0v) is 30.0. The van der Waals surface area contributed by atoms with Crippen molar-refractivity contribution in [2.75, 3.05) is 5.32 Å². The van der Waals surface area contributed by atoms with Crippen molar-refractivity contribution in [2.24, 2.45) is 9.98 Å². The first-order valence-corrected chi connectivity index (χ1v) is 18.8. The third kappa shape index (κ3) is 4.42. The lowest BCUT2D eigenvalue weighted by atomic mass is 9.95. The average Bonchev–Trinajstić information content (AvgIpc) is 3.97. The first kappa shape index (κ1) is 31.8. The van der Waals surface area contributed by atoms with Gasteiger partial charge in [0.05, 0.1) is 14.6 Å². The smallest absolute Gasteiger partial charge is 0.212 e. The fourth-order valence-corrected chi connectivity index (χ4v) is 11.9. The number of benzene rings is 2. The normalized spacial score (nSPS) is 18.8. The van der Waals surface area contributed by atoms with Crippen LogP contribution in [0.15, 0.2) is 74.6 Å². The van der Waals surface area contributed by atoms with Crippen LogP contribution in [0, 0.1) is 45.3 Å². The Morgan fingerprint density at radius 3 is 2.00 bits per heavy atom. The van der Waals surface area contributed by atoms with Crippen LogP contribution in [-0.4, -0.2) is 33.5 Å². The number of ketones is 2. The van der Waals surface area contributed by atoms with Gasteiger partial charge < -0.3 is 10.1 Å². The molecule has 9 rings (SSSR count). The lowest BCUT2D eigenvalue weighted by Gasteiger charge is -2.32. The van der Waals surface area contributed by atoms with Gasteiger partial charge in [0, 0.05) is 27.8 Å². The van der Waals surface area contributed by atoms with Crippen LogP contribution in [0.25, 0.3) is 30.4 Å². The molecule has 5 aromatic rings. The Kier molecular flexibility index (Phi) is 6.97. The number of allylic oxidation sites excluding steroid dienone is 4. The first-order valence-electron chi connectivity index (χ1n) is 15.4. The summed E-state index contributed by atoms with van der Waals surface area (Å²) in [4.78, 5) is 44.5. The minimum Gasteiger partial charge on any atom is -0.480 e. The van der Waals surface area contributed by atoms with Gasteiger partial charge in [0.25, 0.3) is 0 Å². The van der Waals surface area contributed by atoms with Crippen LogP contribution in [0.3, 0.4) is 0 Å². The number of anilines is 1. The molecule has 2 aliphatic heterocycles. The van der Waals surface area contributed by atoms with Gasteiger partial charge >= 0.3 is 0 Å². The third-order valence-corrected chi connectivity index (χ3v) is 13.5. The van der Waals surface area contributed by atoms with Gasteiger partial charge in [-0.2, -0.15) is 21.0 Å². The van der Waals surface area contributed by atoms with Crippen molar-refractivity contribution in [3.05, 3.63) is 87.5 Å². The Morgan fingerprint density at radius 1 is 0.808 bits per heavy atom. The van der Waals surface area contributed by atoms with Gasteiger partial charge in [-0.05, 0) is 25.0 Å². The summed E-state index contributed by atoms with van der Waals surface area (Å²) in [5.41, 5.74) is 1.61. The number of carbonyl (C=O) groups excluding carboxylic acids is 2. The summed E-state index contributed by atoms with van der Waals surface area (Å²) in [5.74, 6) is -0.0383. The van der Waals surface area contributed by atoms with Crippen molar-refractivity contribution in [1.82, 2.24) is 4.98 Å². The molecule has 0 amide bonds. The number of Topliss-reactive ketones (excluding diaryl/α,β-unsaturated/α-hetero) is 2. The second-order valence-electron chi connectivity index (χ2n) is 12.2. The van der Waals surface area contributed by atoms with Crippen molar-refractivity contribution >= 4 is 99.6 Å². The Labute approximate surface area is 310 Å². The van der Waals surface area contributed by atoms with Gasteiger partial charge in [-0.3, -0.25) is 9.59 Å². The first-order chi connectivity index (χ1) is 25.2. The minimum absolute atomic E-state index is 0.0104. The van der Waals surface area contributed by atoms with E-state index in [0.717, 1.165) is 29.9 Å². The van der Waals surface area contributed by atoms with Crippen LogP contribution in [0.5, 0.6) is 5.75 Å². The highest BCUT2D eigenvalue weighted by Crippen LogP contribution is 2.62. The fraction of sp³-hybridized carbons (Fsp3) is 0.108. The molecule has 1 N–H and O–H groups in total. The molecule has 5 heterocycles. The van der Waals surface area contributed by atoms with Gasteiger partial charge in [0.1, 0.15) is 67.0 Å². The lowest BCUT2D eigenvalue weighted by Crippen LogP contribution is -2.28. The molecule has 0 saturated heterocycles. The van der Waals surface area contributed by atoms with Crippen molar-refractivity contribution in [2.45, 2.75) is 29.8 Å². The van der Waals surface area contributed by atoms with Gasteiger partial charge in [-0.25, -0.2) is 15.0 Å². The zero-order valence-electron chi connectivity index (χ0n) is 26.7. The second kappa shape index (κ2) is 11.4. The number of rotatable bonds is 2. The van der Waals surface area contributed by atoms with Crippen LogP contribution in [0.2, 0.25) is 0 Å². The standard InChI is InChI=1S/C37H16N8O3S4/c1-37(2)23-29(49-33-30(23)51-35(44-33)42-24-21(15(11-38)12-39)17-7-3-5-9-19(17)26(24)46)31-28(48-37)32-34(50-31)45-36(52-32)43-25-22(16(13-40)14-41)18-8-4-6-10-20(18)27(25)47/h3-10,35,44H,1-2H3. The Morgan fingerprint density at radius 2 is 1.38 bits per heavy atom. The average molecular weight is 749 g/mol. The molecule has 0 bridgehead atoms. The largest absolute Gasteiger partial charge is 0.480 e. The van der Waals surface area contributed by atoms with E-state index in [-0.39, 0.29) is 45.3 Å². The molecule has 246 valence electrons. The maximum absolute atomic E-state index is 13.4. The van der Waals surface area contributed by atoms with E-state index >= 15 is 0 Å². The Bertz CT molecular complexity index is 2820. The monoisotopic (exact) mass is 748 g/mol. The molecule has 0 fully saturated rings. The van der Waals surface area contributed by atoms with Crippen molar-refractivity contribution in [1.29, 1.82) is 21.0 Å². The number of ether oxygens (including phenoxy) is 1. The van der Waals surface area contributed by atoms with Gasteiger partial charge in [0.2, 0.25) is 16.7 Å². The van der Waals surface area contributed by atoms with Crippen LogP contribution >= 0.6 is 45.8 Å². The minimum atomic E-state index is -0.778. The Hall–Kier alpha value is -6.20. The van der Waals surface area contributed by atoms with E-state index in [0.29, 0.717) is 38.0 Å². The predicted molar refractivity (Wildman–Crippen MR) is 200 cm³/mol. The highest BCUT2D eigenvalue weighted by atomic mass is 32.2. The Balaban J connectivity index is 1.08. The number of thiophene rings is 2. The van der Waals surface area contributed by atoms with Crippen LogP contribution in [0.1, 0.15) is 51.3 Å². The van der Waals surface area contributed by atoms with Crippen molar-refractivity contribution in [3.8, 4) is 39.8 Å². The molecular weight excluding hydrogens is 733 g/mol. The van der Waals surface area contributed by atoms with Crippen LogP contribution < -0.4 is 10.1 Å². The molecule has 1 unspecified atom stereocenters. The molecule has 52 heavy (non-hydrogen) atoms. The number of aliphatic imine (C=N–C) groups is 2. The molecular formula is C37H16N8O3S4. The van der Waals surface area contributed by atoms with Crippen LogP contribution in [0.4, 0.5) is 10.1 Å². The number of nitrogens with zero attached hydrogens (tertiary/aromatic N) is 7. The summed E-state index contributed by atoms with van der Waals surface area (Å²) in [7, 11) is 0. The van der Waals surface area contributed by atoms with Gasteiger partial charge in [0.15, 0.2) is 11.2 Å². The summed E-state index contributed by atoms with van der Waals surface area (Å²) in [6.07, 6.45) is 0. The number of carbonyl (C=O) groups is 2. The summed E-state index contributed by atoms with van der Waals surface area (Å²) in [5, 5.41) is 43.3. The van der Waals surface area contributed by atoms with E-state index in [1.807, 2.05) is 38.1 Å². The fourth-order valence-electron chi connectivity index (χ4n) is 6.75. The molecule has 0 spiro atoms. The van der Waals surface area contributed by atoms with Crippen LogP contribution in [-0.2, 0) is 5.60 Å². The van der Waals surface area contributed by atoms with Gasteiger partial charge in [-0.1, -0.05) is 71.6 Å². The quantitative estimate of drug-likeness (QED) is 0.172. The highest BCUT2D eigenvalue weighted by Gasteiger charge is 2.44. The number of hydrogen-bond acceptors (Lipinski definition) is 15. The second-order valence-corrected chi connectivity index (χ2v) is 16.3. The van der Waals surface area contributed by atoms with E-state index < -0.39 is 11.1 Å². The molecule has 15 heteroatoms. The summed E-state index contributed by atoms with van der Waals surface area (Å²) < 4.78 is 7.48. The summed E-state index contributed by atoms with van der Waals surface area (Å²) >= 11 is 5.71. The number of nitrogens with one attached hydrogen (secondary N) is 1. The van der Waals surface area contributed by atoms with E-state index in [2.05, 4.69) is 10.3 Å². The predicted octanol–water partition coefficient (Wildman–Crippen LogP) is 8.42. The SMILES string of the molecule is CC1(C)Oc2c(sc3nc(N=C4C(=O)c5ccccc5C4=C(C#N)C#N)sc23)-c2sc3c(c21)SC(N=C1C(=O)c2ccccc2C1=C(C#N)C#N)N3. The molecule has 3 aromatic heterocycles. The molecule has 2 aromatic carbocycles. The molecule has 11 nitrogen and oxygen atoms in total. The third-order valence-electron chi connectivity index (χ3n) is 8.90. The molecule has 0 radical (unpaired) electrons. The number of nitriles is 4. The number of fused-ring (bicyclic) bond motifs is 9. The highest BCUT2D eigenvalue weighted by molar-refractivity contribution is 8.00. The number of thiazole rings is 1. The molecule has 0 saturated carbocycles. The summed E-state index contributed by atoms with van der Waals surface area (Å²) in [6.45, 7) is 3.96. The van der Waals surface area contributed by atoms with E-state index in [9.17, 15) is 30.6 Å². The lowest BCUT2D eigenvalue weighted by molar-refractivity contribution is 0.106. The molecule has 1 atom stereocenters. The van der Waals surface area contributed by atoms with E-state index in [1.54, 1.807) is 59.9 Å². The molecule has 2 aliphatic carbocycles. The topological polar surface area (TPSA) is 188 Å². The number of hydrogen-bond donors (Lipinski definition) is 1. The molecule has 4 aliphatic rings. The van der Waals surface area contributed by atoms with Crippen molar-refractivity contribution in [3.63, 3.8) is 0 Å². The van der Waals surface area contributed by atoms with Gasteiger partial charge in [-0.15, -0.1) is 22.7 Å². The number of thioether (sulfide) groups is 1. The maximum atomic E-state index is 13.4. The van der Waals surface area contributed by atoms with E-state index in [1.165, 1.54) is 34.4 Å². The van der Waals surface area contributed by atoms with E-state index in [4.69, 9.17) is 14.7 Å².